The molecule has 1 aliphatic carbocycles. The van der Waals surface area contributed by atoms with E-state index in [9.17, 15) is 0 Å². The van der Waals surface area contributed by atoms with E-state index in [2.05, 4.69) is 36.3 Å². The zero-order valence-corrected chi connectivity index (χ0v) is 12.2. The van der Waals surface area contributed by atoms with Gasteiger partial charge in [-0.25, -0.2) is 14.6 Å². The molecule has 1 aromatic carbocycles. The summed E-state index contributed by atoms with van der Waals surface area (Å²) >= 11 is 3.48. The van der Waals surface area contributed by atoms with Gasteiger partial charge in [-0.15, -0.1) is 0 Å². The van der Waals surface area contributed by atoms with Gasteiger partial charge < -0.3 is 5.32 Å². The van der Waals surface area contributed by atoms with Crippen molar-refractivity contribution in [2.24, 2.45) is 0 Å². The Labute approximate surface area is 124 Å². The molecule has 4 rings (SSSR count). The summed E-state index contributed by atoms with van der Waals surface area (Å²) in [4.78, 5) is 8.70. The minimum Gasteiger partial charge on any atom is -0.367 e. The number of anilines is 1. The normalized spacial score (nSPS) is 14.7. The Morgan fingerprint density at radius 2 is 2.15 bits per heavy atom. The molecule has 0 radical (unpaired) electrons. The maximum absolute atomic E-state index is 4.45. The molecule has 1 fully saturated rings. The van der Waals surface area contributed by atoms with E-state index in [0.29, 0.717) is 6.04 Å². The van der Waals surface area contributed by atoms with Crippen LogP contribution in [0, 0.1) is 0 Å². The van der Waals surface area contributed by atoms with Gasteiger partial charge in [-0.3, -0.25) is 0 Å². The monoisotopic (exact) mass is 329 g/mol. The molecule has 2 heterocycles. The van der Waals surface area contributed by atoms with E-state index in [1.807, 2.05) is 35.1 Å². The molecule has 6 heteroatoms. The third kappa shape index (κ3) is 2.06. The molecular formula is C14H12BrN5. The number of rotatable bonds is 3. The molecular weight excluding hydrogens is 318 g/mol. The van der Waals surface area contributed by atoms with Crippen molar-refractivity contribution < 1.29 is 0 Å². The average Bonchev–Trinajstić information content (AvgIpc) is 3.15. The van der Waals surface area contributed by atoms with Crippen molar-refractivity contribution in [1.82, 2.24) is 19.7 Å². The first kappa shape index (κ1) is 11.8. The van der Waals surface area contributed by atoms with Crippen molar-refractivity contribution in [3.8, 4) is 5.69 Å². The quantitative estimate of drug-likeness (QED) is 0.801. The van der Waals surface area contributed by atoms with E-state index < -0.39 is 0 Å². The summed E-state index contributed by atoms with van der Waals surface area (Å²) in [6, 6.07) is 8.56. The second-order valence-corrected chi connectivity index (χ2v) is 5.83. The molecule has 1 aliphatic rings. The number of nitrogens with one attached hydrogen (secondary N) is 1. The number of fused-ring (bicyclic) bond motifs is 1. The molecule has 0 spiro atoms. The van der Waals surface area contributed by atoms with Gasteiger partial charge in [0.25, 0.3) is 0 Å². The van der Waals surface area contributed by atoms with Crippen molar-refractivity contribution in [3.05, 3.63) is 41.3 Å². The van der Waals surface area contributed by atoms with Crippen molar-refractivity contribution in [1.29, 1.82) is 0 Å². The van der Waals surface area contributed by atoms with Crippen LogP contribution in [0.5, 0.6) is 0 Å². The summed E-state index contributed by atoms with van der Waals surface area (Å²) in [5, 5.41) is 8.83. The Morgan fingerprint density at radius 1 is 1.25 bits per heavy atom. The highest BCUT2D eigenvalue weighted by molar-refractivity contribution is 9.10. The lowest BCUT2D eigenvalue weighted by Gasteiger charge is -2.05. The van der Waals surface area contributed by atoms with Gasteiger partial charge in [0, 0.05) is 10.5 Å². The van der Waals surface area contributed by atoms with E-state index >= 15 is 0 Å². The van der Waals surface area contributed by atoms with Crippen LogP contribution in [0.1, 0.15) is 12.8 Å². The van der Waals surface area contributed by atoms with Gasteiger partial charge in [-0.05, 0) is 31.0 Å². The van der Waals surface area contributed by atoms with Gasteiger partial charge in [0.15, 0.2) is 5.65 Å². The summed E-state index contributed by atoms with van der Waals surface area (Å²) < 4.78 is 2.85. The minimum absolute atomic E-state index is 0.558. The number of aromatic nitrogens is 4. The van der Waals surface area contributed by atoms with Crippen molar-refractivity contribution >= 4 is 32.8 Å². The summed E-state index contributed by atoms with van der Waals surface area (Å²) in [7, 11) is 0. The van der Waals surface area contributed by atoms with E-state index in [1.54, 1.807) is 6.33 Å². The lowest BCUT2D eigenvalue weighted by atomic mass is 10.3. The van der Waals surface area contributed by atoms with Gasteiger partial charge >= 0.3 is 0 Å². The molecule has 0 aliphatic heterocycles. The SMILES string of the molecule is Brc1cccc(-n2ncc3c(NC4CC4)ncnc32)c1. The number of halogens is 1. The second-order valence-electron chi connectivity index (χ2n) is 4.91. The van der Waals surface area contributed by atoms with Gasteiger partial charge in [0.05, 0.1) is 17.3 Å². The van der Waals surface area contributed by atoms with Gasteiger partial charge in [0.2, 0.25) is 0 Å². The zero-order chi connectivity index (χ0) is 13.5. The Hall–Kier alpha value is -1.95. The van der Waals surface area contributed by atoms with Crippen LogP contribution in [0.25, 0.3) is 16.7 Å². The zero-order valence-electron chi connectivity index (χ0n) is 10.6. The number of hydrogen-bond acceptors (Lipinski definition) is 4. The number of hydrogen-bond donors (Lipinski definition) is 1. The molecule has 1 N–H and O–H groups in total. The van der Waals surface area contributed by atoms with Crippen LogP contribution < -0.4 is 5.32 Å². The van der Waals surface area contributed by atoms with Crippen LogP contribution in [0.4, 0.5) is 5.82 Å². The van der Waals surface area contributed by atoms with E-state index in [4.69, 9.17) is 0 Å². The van der Waals surface area contributed by atoms with Crippen molar-refractivity contribution in [2.45, 2.75) is 18.9 Å². The third-order valence-corrected chi connectivity index (χ3v) is 3.83. The minimum atomic E-state index is 0.558. The summed E-state index contributed by atoms with van der Waals surface area (Å²) in [5.74, 6) is 0.874. The molecule has 20 heavy (non-hydrogen) atoms. The number of nitrogens with zero attached hydrogens (tertiary/aromatic N) is 4. The fraction of sp³-hybridized carbons (Fsp3) is 0.214. The maximum atomic E-state index is 4.45. The van der Waals surface area contributed by atoms with Gasteiger partial charge in [-0.1, -0.05) is 22.0 Å². The van der Waals surface area contributed by atoms with Gasteiger partial charge in [-0.2, -0.15) is 5.10 Å². The fourth-order valence-electron chi connectivity index (χ4n) is 2.18. The molecule has 0 unspecified atom stereocenters. The van der Waals surface area contributed by atoms with E-state index in [-0.39, 0.29) is 0 Å². The smallest absolute Gasteiger partial charge is 0.168 e. The van der Waals surface area contributed by atoms with Crippen LogP contribution in [0.2, 0.25) is 0 Å². The lowest BCUT2D eigenvalue weighted by Crippen LogP contribution is -2.04. The predicted octanol–water partition coefficient (Wildman–Crippen LogP) is 3.15. The first-order valence-electron chi connectivity index (χ1n) is 6.52. The highest BCUT2D eigenvalue weighted by Crippen LogP contribution is 2.28. The van der Waals surface area contributed by atoms with Crippen LogP contribution in [0.3, 0.4) is 0 Å². The molecule has 0 saturated heterocycles. The Kier molecular flexibility index (Phi) is 2.70. The largest absolute Gasteiger partial charge is 0.367 e. The molecule has 0 amide bonds. The lowest BCUT2D eigenvalue weighted by molar-refractivity contribution is 0.894. The fourth-order valence-corrected chi connectivity index (χ4v) is 2.56. The third-order valence-electron chi connectivity index (χ3n) is 3.34. The van der Waals surface area contributed by atoms with Gasteiger partial charge in [0.1, 0.15) is 12.1 Å². The molecule has 3 aromatic rings. The van der Waals surface area contributed by atoms with Crippen molar-refractivity contribution in [2.75, 3.05) is 5.32 Å². The molecule has 2 aromatic heterocycles. The first-order valence-corrected chi connectivity index (χ1v) is 7.32. The number of benzene rings is 1. The highest BCUT2D eigenvalue weighted by Gasteiger charge is 2.23. The van der Waals surface area contributed by atoms with Crippen molar-refractivity contribution in [3.63, 3.8) is 0 Å². The Morgan fingerprint density at radius 3 is 2.95 bits per heavy atom. The maximum Gasteiger partial charge on any atom is 0.168 e. The highest BCUT2D eigenvalue weighted by atomic mass is 79.9. The Balaban J connectivity index is 1.84. The average molecular weight is 330 g/mol. The summed E-state index contributed by atoms with van der Waals surface area (Å²) in [5.41, 5.74) is 1.80. The molecule has 0 atom stereocenters. The van der Waals surface area contributed by atoms with Crippen LogP contribution in [0.15, 0.2) is 41.3 Å². The predicted molar refractivity (Wildman–Crippen MR) is 81.0 cm³/mol. The van der Waals surface area contributed by atoms with E-state index in [1.165, 1.54) is 12.8 Å². The first-order chi connectivity index (χ1) is 9.81. The van der Waals surface area contributed by atoms with Crippen LogP contribution >= 0.6 is 15.9 Å². The van der Waals surface area contributed by atoms with Crippen LogP contribution in [-0.4, -0.2) is 25.8 Å². The molecule has 0 bridgehead atoms. The molecule has 1 saturated carbocycles. The summed E-state index contributed by atoms with van der Waals surface area (Å²) in [6.07, 6.45) is 5.83. The molecule has 5 nitrogen and oxygen atoms in total. The topological polar surface area (TPSA) is 55.6 Å². The Bertz CT molecular complexity index is 778. The van der Waals surface area contributed by atoms with E-state index in [0.717, 1.165) is 27.0 Å². The molecule has 100 valence electrons. The standard InChI is InChI=1S/C14H12BrN5/c15-9-2-1-3-11(6-9)20-14-12(7-18-20)13(16-8-17-14)19-10-4-5-10/h1-3,6-8,10H,4-5H2,(H,16,17,19). The van der Waals surface area contributed by atoms with Crippen LogP contribution in [-0.2, 0) is 0 Å². The second kappa shape index (κ2) is 4.56. The summed E-state index contributed by atoms with van der Waals surface area (Å²) in [6.45, 7) is 0.